The molecule has 0 bridgehead atoms. The fourth-order valence-corrected chi connectivity index (χ4v) is 1.87. The molecule has 0 aliphatic rings. The Morgan fingerprint density at radius 2 is 1.86 bits per heavy atom. The number of carbonyl (C=O) groups is 1. The third kappa shape index (κ3) is 3.56. The molecule has 21 heavy (non-hydrogen) atoms. The molecule has 4 N–H and O–H groups in total. The van der Waals surface area contributed by atoms with E-state index in [1.165, 1.54) is 18.2 Å². The van der Waals surface area contributed by atoms with Crippen LogP contribution in [0.5, 0.6) is 5.75 Å². The maximum absolute atomic E-state index is 13.0. The third-order valence-corrected chi connectivity index (χ3v) is 2.85. The Morgan fingerprint density at radius 3 is 2.48 bits per heavy atom. The van der Waals surface area contributed by atoms with Crippen molar-refractivity contribution >= 4 is 5.97 Å². The first kappa shape index (κ1) is 15.0. The molecule has 0 aromatic heterocycles. The van der Waals surface area contributed by atoms with Crippen LogP contribution >= 0.6 is 0 Å². The van der Waals surface area contributed by atoms with Crippen molar-refractivity contribution in [2.45, 2.75) is 0 Å². The lowest BCUT2D eigenvalue weighted by Gasteiger charge is -2.12. The summed E-state index contributed by atoms with van der Waals surface area (Å²) in [6, 6.07) is 10.6. The molecule has 0 spiro atoms. The van der Waals surface area contributed by atoms with Crippen molar-refractivity contribution in [3.8, 4) is 16.9 Å². The molecule has 0 heterocycles. The minimum atomic E-state index is -0.663. The van der Waals surface area contributed by atoms with Gasteiger partial charge < -0.3 is 15.3 Å². The normalized spacial score (nSPS) is 10.2. The molecule has 0 atom stereocenters. The number of hydrogen-bond donors (Lipinski definition) is 2. The number of benzene rings is 2. The smallest absolute Gasteiger partial charge is 0.356 e. The molecule has 0 aliphatic heterocycles. The molecule has 0 saturated heterocycles. The Morgan fingerprint density at radius 1 is 1.14 bits per heavy atom. The molecule has 2 rings (SSSR count). The summed E-state index contributed by atoms with van der Waals surface area (Å²) >= 11 is 0. The van der Waals surface area contributed by atoms with Gasteiger partial charge in [0.2, 0.25) is 0 Å². The van der Waals surface area contributed by atoms with Crippen LogP contribution in [0, 0.1) is 5.82 Å². The van der Waals surface area contributed by atoms with Gasteiger partial charge in [0.05, 0.1) is 5.56 Å². The zero-order valence-corrected chi connectivity index (χ0v) is 11.2. The van der Waals surface area contributed by atoms with Crippen molar-refractivity contribution < 1.29 is 18.8 Å². The lowest BCUT2D eigenvalue weighted by Crippen LogP contribution is -2.12. The molecule has 6 heteroatoms. The fraction of sp³-hybridized carbons (Fsp3) is 0.133. The summed E-state index contributed by atoms with van der Waals surface area (Å²) in [5.74, 6) is 4.42. The van der Waals surface area contributed by atoms with Crippen LogP contribution < -0.4 is 16.4 Å². The summed E-state index contributed by atoms with van der Waals surface area (Å²) < 4.78 is 18.6. The van der Waals surface area contributed by atoms with Gasteiger partial charge in [0, 0.05) is 12.1 Å². The molecule has 5 nitrogen and oxygen atoms in total. The number of ether oxygens (including phenoxy) is 1. The van der Waals surface area contributed by atoms with Crippen molar-refractivity contribution in [3.05, 3.63) is 53.8 Å². The van der Waals surface area contributed by atoms with Gasteiger partial charge in [-0.15, -0.1) is 0 Å². The number of hydrogen-bond acceptors (Lipinski definition) is 5. The van der Waals surface area contributed by atoms with Crippen LogP contribution in [0.3, 0.4) is 0 Å². The van der Waals surface area contributed by atoms with Crippen LogP contribution in [-0.4, -0.2) is 19.1 Å². The van der Waals surface area contributed by atoms with E-state index in [1.54, 1.807) is 24.3 Å². The summed E-state index contributed by atoms with van der Waals surface area (Å²) in [4.78, 5) is 15.7. The SMILES string of the molecule is NCCOc1ccc(C(=O)ON)cc1-c1ccc(F)cc1. The number of carbonyl (C=O) groups excluding carboxylic acids is 1. The Balaban J connectivity index is 2.46. The van der Waals surface area contributed by atoms with Crippen LogP contribution in [-0.2, 0) is 4.84 Å². The van der Waals surface area contributed by atoms with Crippen molar-refractivity contribution in [2.24, 2.45) is 11.6 Å². The fourth-order valence-electron chi connectivity index (χ4n) is 1.87. The van der Waals surface area contributed by atoms with E-state index in [4.69, 9.17) is 16.4 Å². The van der Waals surface area contributed by atoms with E-state index < -0.39 is 5.97 Å². The Bertz CT molecular complexity index is 629. The van der Waals surface area contributed by atoms with Gasteiger partial charge in [-0.3, -0.25) is 0 Å². The number of halogens is 1. The van der Waals surface area contributed by atoms with Crippen molar-refractivity contribution in [1.82, 2.24) is 0 Å². The van der Waals surface area contributed by atoms with Crippen LogP contribution in [0.15, 0.2) is 42.5 Å². The Kier molecular flexibility index (Phi) is 4.86. The first-order valence-corrected chi connectivity index (χ1v) is 6.29. The van der Waals surface area contributed by atoms with E-state index in [0.717, 1.165) is 0 Å². The van der Waals surface area contributed by atoms with Crippen LogP contribution in [0.25, 0.3) is 11.1 Å². The molecular formula is C15H15FN2O3. The van der Waals surface area contributed by atoms with Gasteiger partial charge in [-0.25, -0.2) is 9.18 Å². The van der Waals surface area contributed by atoms with Crippen molar-refractivity contribution in [1.29, 1.82) is 0 Å². The second-order valence-electron chi connectivity index (χ2n) is 4.26. The summed E-state index contributed by atoms with van der Waals surface area (Å²) in [5, 5.41) is 0. The van der Waals surface area contributed by atoms with Crippen LogP contribution in [0.2, 0.25) is 0 Å². The minimum absolute atomic E-state index is 0.275. The standard InChI is InChI=1S/C15H15FN2O3/c16-12-4-1-10(2-5-12)13-9-11(15(19)21-18)3-6-14(13)20-8-7-17/h1-6,9H,7-8,17-18H2. The van der Waals surface area contributed by atoms with E-state index in [0.29, 0.717) is 30.0 Å². The molecule has 0 radical (unpaired) electrons. The number of nitrogens with two attached hydrogens (primary N) is 2. The van der Waals surface area contributed by atoms with Gasteiger partial charge in [-0.2, -0.15) is 5.90 Å². The van der Waals surface area contributed by atoms with E-state index in [1.807, 2.05) is 0 Å². The predicted octanol–water partition coefficient (Wildman–Crippen LogP) is 1.86. The molecule has 0 fully saturated rings. The van der Waals surface area contributed by atoms with E-state index in [2.05, 4.69) is 4.84 Å². The first-order chi connectivity index (χ1) is 10.2. The molecule has 2 aromatic carbocycles. The molecule has 0 unspecified atom stereocenters. The molecule has 0 aliphatic carbocycles. The van der Waals surface area contributed by atoms with Crippen molar-refractivity contribution in [2.75, 3.05) is 13.2 Å². The topological polar surface area (TPSA) is 87.6 Å². The van der Waals surface area contributed by atoms with Gasteiger partial charge in [0.15, 0.2) is 0 Å². The van der Waals surface area contributed by atoms with E-state index >= 15 is 0 Å². The summed E-state index contributed by atoms with van der Waals surface area (Å²) in [5.41, 5.74) is 7.03. The van der Waals surface area contributed by atoms with Gasteiger partial charge in [0.1, 0.15) is 18.2 Å². The maximum atomic E-state index is 13.0. The zero-order chi connectivity index (χ0) is 15.2. The average molecular weight is 290 g/mol. The predicted molar refractivity (Wildman–Crippen MR) is 76.0 cm³/mol. The second kappa shape index (κ2) is 6.83. The lowest BCUT2D eigenvalue weighted by atomic mass is 10.0. The minimum Gasteiger partial charge on any atom is -0.492 e. The first-order valence-electron chi connectivity index (χ1n) is 6.29. The monoisotopic (exact) mass is 290 g/mol. The van der Waals surface area contributed by atoms with Crippen molar-refractivity contribution in [3.63, 3.8) is 0 Å². The highest BCUT2D eigenvalue weighted by Crippen LogP contribution is 2.31. The third-order valence-electron chi connectivity index (χ3n) is 2.85. The summed E-state index contributed by atoms with van der Waals surface area (Å²) in [6.45, 7) is 0.685. The highest BCUT2D eigenvalue weighted by Gasteiger charge is 2.13. The lowest BCUT2D eigenvalue weighted by molar-refractivity contribution is 0.0503. The van der Waals surface area contributed by atoms with Crippen LogP contribution in [0.1, 0.15) is 10.4 Å². The highest BCUT2D eigenvalue weighted by molar-refractivity contribution is 5.91. The van der Waals surface area contributed by atoms with Gasteiger partial charge >= 0.3 is 5.97 Å². The average Bonchev–Trinajstić information content (AvgIpc) is 2.53. The molecule has 110 valence electrons. The van der Waals surface area contributed by atoms with Gasteiger partial charge in [-0.05, 0) is 35.9 Å². The largest absolute Gasteiger partial charge is 0.492 e. The maximum Gasteiger partial charge on any atom is 0.356 e. The summed E-state index contributed by atoms with van der Waals surface area (Å²) in [7, 11) is 0. The Labute approximate surface area is 121 Å². The van der Waals surface area contributed by atoms with Crippen LogP contribution in [0.4, 0.5) is 4.39 Å². The second-order valence-corrected chi connectivity index (χ2v) is 4.26. The van der Waals surface area contributed by atoms with Gasteiger partial charge in [-0.1, -0.05) is 12.1 Å². The zero-order valence-electron chi connectivity index (χ0n) is 11.2. The van der Waals surface area contributed by atoms with E-state index in [-0.39, 0.29) is 11.4 Å². The van der Waals surface area contributed by atoms with Gasteiger partial charge in [0.25, 0.3) is 0 Å². The summed E-state index contributed by atoms with van der Waals surface area (Å²) in [6.07, 6.45) is 0. The quantitative estimate of drug-likeness (QED) is 0.821. The highest BCUT2D eigenvalue weighted by atomic mass is 19.1. The van der Waals surface area contributed by atoms with E-state index in [9.17, 15) is 9.18 Å². The molecule has 0 saturated carbocycles. The molecule has 0 amide bonds. The molecule has 2 aromatic rings. The Hall–Kier alpha value is -2.44. The molecular weight excluding hydrogens is 275 g/mol. The number of rotatable bonds is 5.